The van der Waals surface area contributed by atoms with Crippen LogP contribution in [-0.2, 0) is 4.74 Å². The van der Waals surface area contributed by atoms with Gasteiger partial charge in [-0.2, -0.15) is 0 Å². The van der Waals surface area contributed by atoms with Gasteiger partial charge in [-0.1, -0.05) is 12.1 Å². The van der Waals surface area contributed by atoms with Gasteiger partial charge in [0.05, 0.1) is 24.6 Å². The molecule has 4 rings (SSSR count). The maximum Gasteiger partial charge on any atom is 0.175 e. The van der Waals surface area contributed by atoms with Gasteiger partial charge in [0.2, 0.25) is 0 Å². The molecule has 0 atom stereocenters. The average molecular weight is 352 g/mol. The van der Waals surface area contributed by atoms with E-state index in [1.165, 1.54) is 0 Å². The highest BCUT2D eigenvalue weighted by Crippen LogP contribution is 2.26. The van der Waals surface area contributed by atoms with E-state index in [1.54, 1.807) is 0 Å². The predicted molar refractivity (Wildman–Crippen MR) is 108 cm³/mol. The molecule has 6 heteroatoms. The van der Waals surface area contributed by atoms with Crippen LogP contribution in [0.1, 0.15) is 0 Å². The van der Waals surface area contributed by atoms with Crippen molar-refractivity contribution in [2.75, 3.05) is 41.8 Å². The second-order valence-corrected chi connectivity index (χ2v) is 6.38. The van der Waals surface area contributed by atoms with Gasteiger partial charge in [-0.25, -0.2) is 0 Å². The fourth-order valence-corrected chi connectivity index (χ4v) is 3.30. The van der Waals surface area contributed by atoms with Crippen molar-refractivity contribution >= 4 is 45.3 Å². The van der Waals surface area contributed by atoms with Crippen LogP contribution < -0.4 is 15.5 Å². The summed E-state index contributed by atoms with van der Waals surface area (Å²) in [5, 5.41) is 8.33. The Hall–Kier alpha value is -2.57. The summed E-state index contributed by atoms with van der Waals surface area (Å²) in [6.45, 7) is 3.30. The van der Waals surface area contributed by atoms with Crippen molar-refractivity contribution in [2.24, 2.45) is 0 Å². The van der Waals surface area contributed by atoms with Crippen molar-refractivity contribution < 1.29 is 4.74 Å². The van der Waals surface area contributed by atoms with Crippen molar-refractivity contribution in [1.82, 2.24) is 4.98 Å². The monoisotopic (exact) mass is 352 g/mol. The lowest BCUT2D eigenvalue weighted by Crippen LogP contribution is -2.36. The summed E-state index contributed by atoms with van der Waals surface area (Å²) in [5.74, 6) is 0. The van der Waals surface area contributed by atoms with E-state index in [0.717, 1.165) is 54.3 Å². The van der Waals surface area contributed by atoms with Crippen LogP contribution in [-0.4, -0.2) is 36.4 Å². The van der Waals surface area contributed by atoms with E-state index < -0.39 is 0 Å². The van der Waals surface area contributed by atoms with Gasteiger partial charge in [-0.3, -0.25) is 0 Å². The van der Waals surface area contributed by atoms with E-state index in [-0.39, 0.29) is 0 Å². The third kappa shape index (κ3) is 3.60. The summed E-state index contributed by atoms with van der Waals surface area (Å²) < 4.78 is 5.45. The Kier molecular flexibility index (Phi) is 4.54. The minimum Gasteiger partial charge on any atom is -0.378 e. The maximum absolute atomic E-state index is 5.51. The average Bonchev–Trinajstić information content (AvgIpc) is 3.10. The van der Waals surface area contributed by atoms with Crippen molar-refractivity contribution in [3.63, 3.8) is 0 Å². The minimum absolute atomic E-state index is 0.579. The molecule has 3 aromatic rings. The maximum atomic E-state index is 5.51. The molecule has 3 N–H and O–H groups in total. The molecule has 2 heterocycles. The molecule has 0 spiro atoms. The molecule has 5 nitrogen and oxygen atoms in total. The molecule has 0 unspecified atom stereocenters. The standard InChI is InChI=1S/C19H20N4OS/c25-19(21-15-5-6-16-14(13-15)7-8-20-16)22-17-3-1-2-4-18(17)23-9-11-24-12-10-23/h1-8,13,20H,9-12H2,(H2,21,22,25). The summed E-state index contributed by atoms with van der Waals surface area (Å²) >= 11 is 5.51. The summed E-state index contributed by atoms with van der Waals surface area (Å²) in [4.78, 5) is 5.51. The van der Waals surface area contributed by atoms with Gasteiger partial charge < -0.3 is 25.3 Å². The Balaban J connectivity index is 1.48. The highest BCUT2D eigenvalue weighted by molar-refractivity contribution is 7.80. The summed E-state index contributed by atoms with van der Waals surface area (Å²) in [7, 11) is 0. The first kappa shape index (κ1) is 15.9. The van der Waals surface area contributed by atoms with Crippen LogP contribution in [0.5, 0.6) is 0 Å². The number of hydrogen-bond donors (Lipinski definition) is 3. The van der Waals surface area contributed by atoms with Gasteiger partial charge in [0.15, 0.2) is 5.11 Å². The first-order valence-electron chi connectivity index (χ1n) is 8.36. The number of rotatable bonds is 3. The van der Waals surface area contributed by atoms with E-state index in [0.29, 0.717) is 5.11 Å². The van der Waals surface area contributed by atoms with Crippen LogP contribution in [0.25, 0.3) is 10.9 Å². The van der Waals surface area contributed by atoms with Crippen LogP contribution in [0.4, 0.5) is 17.1 Å². The fraction of sp³-hybridized carbons (Fsp3) is 0.211. The van der Waals surface area contributed by atoms with Crippen molar-refractivity contribution in [2.45, 2.75) is 0 Å². The van der Waals surface area contributed by atoms with Gasteiger partial charge in [-0.15, -0.1) is 0 Å². The number of ether oxygens (including phenoxy) is 1. The third-order valence-electron chi connectivity index (χ3n) is 4.32. The van der Waals surface area contributed by atoms with Gasteiger partial charge in [0, 0.05) is 35.9 Å². The first-order valence-corrected chi connectivity index (χ1v) is 8.77. The predicted octanol–water partition coefficient (Wildman–Crippen LogP) is 3.81. The zero-order chi connectivity index (χ0) is 17.1. The second kappa shape index (κ2) is 7.13. The number of morpholine rings is 1. The van der Waals surface area contributed by atoms with E-state index in [4.69, 9.17) is 17.0 Å². The van der Waals surface area contributed by atoms with Gasteiger partial charge in [-0.05, 0) is 48.6 Å². The molecule has 1 aliphatic rings. The number of nitrogens with one attached hydrogen (secondary N) is 3. The number of aromatic amines is 1. The lowest BCUT2D eigenvalue weighted by atomic mass is 10.2. The molecule has 1 fully saturated rings. The molecular formula is C19H20N4OS. The second-order valence-electron chi connectivity index (χ2n) is 5.98. The molecule has 0 amide bonds. The zero-order valence-corrected chi connectivity index (χ0v) is 14.6. The Bertz CT molecular complexity index is 886. The van der Waals surface area contributed by atoms with Crippen molar-refractivity contribution in [1.29, 1.82) is 0 Å². The molecule has 1 aromatic heterocycles. The minimum atomic E-state index is 0.579. The van der Waals surface area contributed by atoms with Gasteiger partial charge >= 0.3 is 0 Å². The fourth-order valence-electron chi connectivity index (χ4n) is 3.08. The Morgan fingerprint density at radius 3 is 2.76 bits per heavy atom. The number of nitrogens with zero attached hydrogens (tertiary/aromatic N) is 1. The smallest absolute Gasteiger partial charge is 0.175 e. The SMILES string of the molecule is S=C(Nc1ccc2[nH]ccc2c1)Nc1ccccc1N1CCOCC1. The van der Waals surface area contributed by atoms with Crippen molar-refractivity contribution in [3.8, 4) is 0 Å². The van der Waals surface area contributed by atoms with Crippen LogP contribution in [0.2, 0.25) is 0 Å². The van der Waals surface area contributed by atoms with Gasteiger partial charge in [0.1, 0.15) is 0 Å². The molecule has 0 saturated carbocycles. The number of H-pyrrole nitrogens is 1. The number of fused-ring (bicyclic) bond motifs is 1. The Morgan fingerprint density at radius 1 is 1.04 bits per heavy atom. The van der Waals surface area contributed by atoms with E-state index in [9.17, 15) is 0 Å². The molecule has 1 aliphatic heterocycles. The molecule has 0 aliphatic carbocycles. The number of para-hydroxylation sites is 2. The number of thiocarbonyl (C=S) groups is 1. The summed E-state index contributed by atoms with van der Waals surface area (Å²) in [6.07, 6.45) is 1.93. The molecule has 1 saturated heterocycles. The normalized spacial score (nSPS) is 14.5. The molecule has 0 radical (unpaired) electrons. The van der Waals surface area contributed by atoms with Crippen LogP contribution in [0.15, 0.2) is 54.7 Å². The molecule has 0 bridgehead atoms. The largest absolute Gasteiger partial charge is 0.378 e. The summed E-state index contributed by atoms with van der Waals surface area (Å²) in [5.41, 5.74) is 4.23. The van der Waals surface area contributed by atoms with Crippen LogP contribution >= 0.6 is 12.2 Å². The van der Waals surface area contributed by atoms with Crippen LogP contribution in [0, 0.1) is 0 Å². The molecule has 25 heavy (non-hydrogen) atoms. The number of benzene rings is 2. The number of hydrogen-bond acceptors (Lipinski definition) is 3. The van der Waals surface area contributed by atoms with Gasteiger partial charge in [0.25, 0.3) is 0 Å². The lowest BCUT2D eigenvalue weighted by molar-refractivity contribution is 0.123. The Morgan fingerprint density at radius 2 is 1.88 bits per heavy atom. The topological polar surface area (TPSA) is 52.3 Å². The first-order chi connectivity index (χ1) is 12.3. The zero-order valence-electron chi connectivity index (χ0n) is 13.8. The number of anilines is 3. The molecular weight excluding hydrogens is 332 g/mol. The highest BCUT2D eigenvalue weighted by atomic mass is 32.1. The van der Waals surface area contributed by atoms with E-state index >= 15 is 0 Å². The highest BCUT2D eigenvalue weighted by Gasteiger charge is 2.15. The number of aromatic nitrogens is 1. The third-order valence-corrected chi connectivity index (χ3v) is 4.52. The summed E-state index contributed by atoms with van der Waals surface area (Å²) in [6, 6.07) is 16.4. The molecule has 2 aromatic carbocycles. The Labute approximate surface area is 152 Å². The quantitative estimate of drug-likeness (QED) is 0.626. The van der Waals surface area contributed by atoms with Crippen LogP contribution in [0.3, 0.4) is 0 Å². The molecule has 128 valence electrons. The lowest BCUT2D eigenvalue weighted by Gasteiger charge is -2.30. The van der Waals surface area contributed by atoms with E-state index in [1.807, 2.05) is 42.6 Å². The van der Waals surface area contributed by atoms with Crippen molar-refractivity contribution in [3.05, 3.63) is 54.7 Å². The van der Waals surface area contributed by atoms with E-state index in [2.05, 4.69) is 32.7 Å².